The number of carbonyl (C=O) groups excluding carboxylic acids is 1. The van der Waals surface area contributed by atoms with Gasteiger partial charge in [0.15, 0.2) is 0 Å². The summed E-state index contributed by atoms with van der Waals surface area (Å²) in [4.78, 5) is 24.1. The van der Waals surface area contributed by atoms with Crippen molar-refractivity contribution in [1.82, 2.24) is 10.2 Å². The minimum absolute atomic E-state index is 0.244. The van der Waals surface area contributed by atoms with Gasteiger partial charge in [0.25, 0.3) is 0 Å². The van der Waals surface area contributed by atoms with Crippen LogP contribution in [-0.2, 0) is 21.5 Å². The van der Waals surface area contributed by atoms with Crippen LogP contribution >= 0.6 is 0 Å². The summed E-state index contributed by atoms with van der Waals surface area (Å²) in [6, 6.07) is 17.8. The molecule has 0 aromatic heterocycles. The van der Waals surface area contributed by atoms with Gasteiger partial charge in [0.1, 0.15) is 5.75 Å². The van der Waals surface area contributed by atoms with E-state index in [4.69, 9.17) is 14.6 Å². The zero-order valence-electron chi connectivity index (χ0n) is 21.6. The van der Waals surface area contributed by atoms with Gasteiger partial charge in [-0.15, -0.1) is 0 Å². The fraction of sp³-hybridized carbons (Fsp3) is 0.517. The second kappa shape index (κ2) is 11.8. The van der Waals surface area contributed by atoms with Crippen LogP contribution in [-0.4, -0.2) is 54.3 Å². The van der Waals surface area contributed by atoms with Crippen molar-refractivity contribution in [3.63, 3.8) is 0 Å². The van der Waals surface area contributed by atoms with E-state index in [2.05, 4.69) is 46.6 Å². The van der Waals surface area contributed by atoms with E-state index in [1.807, 2.05) is 12.1 Å². The van der Waals surface area contributed by atoms with Crippen LogP contribution in [0.25, 0.3) is 0 Å². The molecule has 206 valence electrons. The first-order chi connectivity index (χ1) is 18.1. The molecule has 1 atom stereocenters. The van der Waals surface area contributed by atoms with Gasteiger partial charge in [0.05, 0.1) is 7.11 Å². The first-order valence-electron chi connectivity index (χ1n) is 13.1. The number of likely N-dealkylation sites (tertiary alicyclic amines) is 1. The van der Waals surface area contributed by atoms with Gasteiger partial charge in [0.2, 0.25) is 5.91 Å². The number of methoxy groups -OCH3 is 1. The Bertz CT molecular complexity index is 1110. The van der Waals surface area contributed by atoms with Gasteiger partial charge in [-0.2, -0.15) is 13.2 Å². The molecule has 38 heavy (non-hydrogen) atoms. The van der Waals surface area contributed by atoms with Crippen molar-refractivity contribution in [2.45, 2.75) is 75.0 Å². The molecule has 1 unspecified atom stereocenters. The summed E-state index contributed by atoms with van der Waals surface area (Å²) in [5, 5.41) is 10.4. The third-order valence-electron chi connectivity index (χ3n) is 8.13. The second-order valence-corrected chi connectivity index (χ2v) is 10.6. The molecule has 1 spiro atoms. The lowest BCUT2D eigenvalue weighted by atomic mass is 9.73. The van der Waals surface area contributed by atoms with Crippen molar-refractivity contribution in [3.05, 3.63) is 65.2 Å². The van der Waals surface area contributed by atoms with Crippen LogP contribution in [0.4, 0.5) is 13.2 Å². The summed E-state index contributed by atoms with van der Waals surface area (Å²) in [5.41, 5.74) is 4.53. The predicted octanol–water partition coefficient (Wildman–Crippen LogP) is 5.41. The molecular weight excluding hydrogens is 497 g/mol. The molecule has 6 nitrogen and oxygen atoms in total. The van der Waals surface area contributed by atoms with Gasteiger partial charge < -0.3 is 15.2 Å². The lowest BCUT2D eigenvalue weighted by molar-refractivity contribution is -0.192. The van der Waals surface area contributed by atoms with Gasteiger partial charge in [-0.1, -0.05) is 36.4 Å². The predicted molar refractivity (Wildman–Crippen MR) is 137 cm³/mol. The summed E-state index contributed by atoms with van der Waals surface area (Å²) in [5.74, 6) is -1.23. The number of alkyl halides is 3. The van der Waals surface area contributed by atoms with E-state index in [1.54, 1.807) is 7.11 Å². The molecule has 1 amide bonds. The van der Waals surface area contributed by atoms with E-state index in [0.717, 1.165) is 44.6 Å². The number of fused-ring (bicyclic) bond motifs is 2. The van der Waals surface area contributed by atoms with Crippen LogP contribution in [0.15, 0.2) is 48.5 Å². The molecule has 2 aromatic rings. The number of carbonyl (C=O) groups is 2. The number of benzene rings is 2. The molecule has 2 aromatic carbocycles. The highest BCUT2D eigenvalue weighted by Gasteiger charge is 2.45. The molecule has 1 heterocycles. The Balaban J connectivity index is 0.000000426. The van der Waals surface area contributed by atoms with Gasteiger partial charge in [-0.05, 0) is 91.8 Å². The number of aliphatic carboxylic acids is 1. The summed E-state index contributed by atoms with van der Waals surface area (Å²) < 4.78 is 37.0. The number of piperidine rings is 1. The van der Waals surface area contributed by atoms with Gasteiger partial charge in [0, 0.05) is 19.0 Å². The highest BCUT2D eigenvalue weighted by Crippen LogP contribution is 2.52. The summed E-state index contributed by atoms with van der Waals surface area (Å²) >= 11 is 0. The van der Waals surface area contributed by atoms with Crippen molar-refractivity contribution < 1.29 is 32.6 Å². The standard InChI is InChI=1S/C27H34N2O2.C2HF3O2/c1-31-23-11-9-20(10-12-23)19-29-15-13-27(14-16-29)18-21(24-7-2-3-8-25(24)27)17-26(30)28-22-5-4-6-22;3-2(4,5)1(6)7/h2-3,7-12,21-22H,4-6,13-19H2,1H3,(H,28,30);(H,6,7). The van der Waals surface area contributed by atoms with Crippen molar-refractivity contribution in [1.29, 1.82) is 0 Å². The van der Waals surface area contributed by atoms with Gasteiger partial charge >= 0.3 is 12.1 Å². The molecule has 0 bridgehead atoms. The third-order valence-corrected chi connectivity index (χ3v) is 8.13. The Morgan fingerprint density at radius 1 is 1.08 bits per heavy atom. The Kier molecular flexibility index (Phi) is 8.65. The number of carboxylic acid groups (broad SMARTS) is 1. The number of nitrogens with zero attached hydrogens (tertiary/aromatic N) is 1. The largest absolute Gasteiger partial charge is 0.497 e. The molecule has 2 N–H and O–H groups in total. The average molecular weight is 533 g/mol. The summed E-state index contributed by atoms with van der Waals surface area (Å²) in [6.07, 6.45) is 2.61. The van der Waals surface area contributed by atoms with E-state index in [0.29, 0.717) is 18.4 Å². The number of hydrogen-bond donors (Lipinski definition) is 2. The van der Waals surface area contributed by atoms with E-state index in [9.17, 15) is 18.0 Å². The molecular formula is C29H35F3N2O4. The Morgan fingerprint density at radius 2 is 1.71 bits per heavy atom. The molecule has 1 saturated heterocycles. The number of ether oxygens (including phenoxy) is 1. The van der Waals surface area contributed by atoms with Crippen molar-refractivity contribution in [2.75, 3.05) is 20.2 Å². The van der Waals surface area contributed by atoms with Crippen LogP contribution in [0.5, 0.6) is 5.75 Å². The van der Waals surface area contributed by atoms with Crippen LogP contribution in [0.2, 0.25) is 0 Å². The van der Waals surface area contributed by atoms with E-state index in [-0.39, 0.29) is 11.3 Å². The average Bonchev–Trinajstić information content (AvgIpc) is 3.16. The fourth-order valence-electron chi connectivity index (χ4n) is 5.87. The Labute approximate surface area is 221 Å². The smallest absolute Gasteiger partial charge is 0.490 e. The molecule has 1 saturated carbocycles. The molecule has 3 aliphatic rings. The van der Waals surface area contributed by atoms with Gasteiger partial charge in [-0.3, -0.25) is 9.69 Å². The second-order valence-electron chi connectivity index (χ2n) is 10.6. The SMILES string of the molecule is COc1ccc(CN2CCC3(CC2)CC(CC(=O)NC2CCC2)c2ccccc23)cc1.O=C(O)C(F)(F)F. The number of hydrogen-bond acceptors (Lipinski definition) is 4. The van der Waals surface area contributed by atoms with Crippen molar-refractivity contribution >= 4 is 11.9 Å². The summed E-state index contributed by atoms with van der Waals surface area (Å²) in [6.45, 7) is 3.22. The maximum atomic E-state index is 12.7. The Morgan fingerprint density at radius 3 is 2.26 bits per heavy atom. The van der Waals surface area contributed by atoms with Crippen LogP contribution < -0.4 is 10.1 Å². The molecule has 0 radical (unpaired) electrons. The first kappa shape index (κ1) is 28.0. The molecule has 5 rings (SSSR count). The number of rotatable bonds is 6. The number of nitrogens with one attached hydrogen (secondary N) is 1. The minimum atomic E-state index is -5.08. The third kappa shape index (κ3) is 6.67. The van der Waals surface area contributed by atoms with Crippen molar-refractivity contribution in [3.8, 4) is 5.75 Å². The molecule has 9 heteroatoms. The maximum Gasteiger partial charge on any atom is 0.490 e. The fourth-order valence-corrected chi connectivity index (χ4v) is 5.87. The molecule has 1 aliphatic heterocycles. The zero-order chi connectivity index (χ0) is 27.3. The van der Waals surface area contributed by atoms with Crippen LogP contribution in [0.1, 0.15) is 67.6 Å². The summed E-state index contributed by atoms with van der Waals surface area (Å²) in [7, 11) is 1.71. The monoisotopic (exact) mass is 532 g/mol. The highest BCUT2D eigenvalue weighted by atomic mass is 19.4. The zero-order valence-corrected chi connectivity index (χ0v) is 21.6. The van der Waals surface area contributed by atoms with Crippen LogP contribution in [0.3, 0.4) is 0 Å². The molecule has 2 aliphatic carbocycles. The quantitative estimate of drug-likeness (QED) is 0.520. The van der Waals surface area contributed by atoms with Gasteiger partial charge in [-0.25, -0.2) is 4.79 Å². The van der Waals surface area contributed by atoms with E-state index >= 15 is 0 Å². The lowest BCUT2D eigenvalue weighted by Crippen LogP contribution is -2.41. The minimum Gasteiger partial charge on any atom is -0.497 e. The maximum absolute atomic E-state index is 12.7. The lowest BCUT2D eigenvalue weighted by Gasteiger charge is -2.40. The van der Waals surface area contributed by atoms with Crippen molar-refractivity contribution in [2.24, 2.45) is 0 Å². The van der Waals surface area contributed by atoms with E-state index < -0.39 is 12.1 Å². The highest BCUT2D eigenvalue weighted by molar-refractivity contribution is 5.77. The Hall–Kier alpha value is -3.07. The number of carboxylic acids is 1. The first-order valence-corrected chi connectivity index (χ1v) is 13.1. The number of amides is 1. The normalized spacial score (nSPS) is 20.6. The topological polar surface area (TPSA) is 78.9 Å². The van der Waals surface area contributed by atoms with E-state index in [1.165, 1.54) is 36.0 Å². The molecule has 2 fully saturated rings. The number of halogens is 3. The van der Waals surface area contributed by atoms with Crippen LogP contribution in [0, 0.1) is 0 Å².